The van der Waals surface area contributed by atoms with Crippen molar-refractivity contribution < 1.29 is 0 Å². The summed E-state index contributed by atoms with van der Waals surface area (Å²) in [6, 6.07) is 0.750. The summed E-state index contributed by atoms with van der Waals surface area (Å²) >= 11 is 0. The van der Waals surface area contributed by atoms with Crippen LogP contribution in [0.25, 0.3) is 0 Å². The van der Waals surface area contributed by atoms with Gasteiger partial charge in [0, 0.05) is 31.7 Å². The Morgan fingerprint density at radius 3 is 2.67 bits per heavy atom. The summed E-state index contributed by atoms with van der Waals surface area (Å²) in [6.45, 7) is 9.60. The number of nitrogens with one attached hydrogen (secondary N) is 1. The molecule has 1 fully saturated rings. The minimum absolute atomic E-state index is 0.750. The van der Waals surface area contributed by atoms with Crippen molar-refractivity contribution in [1.82, 2.24) is 15.1 Å². The Hall–Kier alpha value is -1.03. The number of aryl methyl sites for hydroxylation is 2. The van der Waals surface area contributed by atoms with Crippen molar-refractivity contribution in [3.8, 4) is 0 Å². The summed E-state index contributed by atoms with van der Waals surface area (Å²) in [6.07, 6.45) is 3.87. The molecule has 0 unspecified atom stereocenters. The standard InChI is InChI=1S/C14H26N4/c1-5-9-18(12-7-8-12)14-13(10-15-6-2)11(3)16-17(14)4/h12,15H,5-10H2,1-4H3. The molecule has 0 radical (unpaired) electrons. The van der Waals surface area contributed by atoms with Gasteiger partial charge in [-0.1, -0.05) is 13.8 Å². The SMILES string of the molecule is CCCN(c1c(CNCC)c(C)nn1C)C1CC1. The minimum Gasteiger partial charge on any atom is -0.354 e. The van der Waals surface area contributed by atoms with Gasteiger partial charge in [-0.15, -0.1) is 0 Å². The first-order valence-corrected chi connectivity index (χ1v) is 7.18. The summed E-state index contributed by atoms with van der Waals surface area (Å²) in [5.74, 6) is 1.33. The second-order valence-corrected chi connectivity index (χ2v) is 5.22. The van der Waals surface area contributed by atoms with Crippen LogP contribution in [0.2, 0.25) is 0 Å². The van der Waals surface area contributed by atoms with Gasteiger partial charge in [0.1, 0.15) is 5.82 Å². The maximum Gasteiger partial charge on any atom is 0.131 e. The lowest BCUT2D eigenvalue weighted by Crippen LogP contribution is -2.30. The monoisotopic (exact) mass is 250 g/mol. The fourth-order valence-corrected chi connectivity index (χ4v) is 2.59. The zero-order valence-electron chi connectivity index (χ0n) is 12.2. The molecule has 1 saturated carbocycles. The number of aromatic nitrogens is 2. The molecule has 0 amide bonds. The second kappa shape index (κ2) is 5.74. The molecule has 0 aromatic carbocycles. The highest BCUT2D eigenvalue weighted by Crippen LogP contribution is 2.34. The smallest absolute Gasteiger partial charge is 0.131 e. The highest BCUT2D eigenvalue weighted by Gasteiger charge is 2.32. The Bertz CT molecular complexity index is 393. The van der Waals surface area contributed by atoms with Crippen LogP contribution in [-0.2, 0) is 13.6 Å². The Morgan fingerprint density at radius 1 is 1.39 bits per heavy atom. The molecule has 18 heavy (non-hydrogen) atoms. The first-order valence-electron chi connectivity index (χ1n) is 7.18. The maximum absolute atomic E-state index is 4.61. The quantitative estimate of drug-likeness (QED) is 0.805. The van der Waals surface area contributed by atoms with Gasteiger partial charge in [-0.05, 0) is 32.7 Å². The topological polar surface area (TPSA) is 33.1 Å². The summed E-state index contributed by atoms with van der Waals surface area (Å²) in [7, 11) is 2.07. The highest BCUT2D eigenvalue weighted by atomic mass is 15.4. The average molecular weight is 250 g/mol. The van der Waals surface area contributed by atoms with Crippen LogP contribution in [0.4, 0.5) is 5.82 Å². The lowest BCUT2D eigenvalue weighted by atomic mass is 10.2. The van der Waals surface area contributed by atoms with Crippen LogP contribution in [0.5, 0.6) is 0 Å². The summed E-state index contributed by atoms with van der Waals surface area (Å²) < 4.78 is 2.07. The van der Waals surface area contributed by atoms with E-state index in [1.54, 1.807) is 0 Å². The van der Waals surface area contributed by atoms with E-state index in [0.717, 1.165) is 31.4 Å². The van der Waals surface area contributed by atoms with Crippen LogP contribution in [0.1, 0.15) is 44.4 Å². The van der Waals surface area contributed by atoms with Crippen LogP contribution in [0, 0.1) is 6.92 Å². The van der Waals surface area contributed by atoms with Crippen molar-refractivity contribution in [3.05, 3.63) is 11.3 Å². The van der Waals surface area contributed by atoms with E-state index in [4.69, 9.17) is 0 Å². The number of hydrogen-bond acceptors (Lipinski definition) is 3. The molecule has 0 atom stereocenters. The molecule has 0 bridgehead atoms. The van der Waals surface area contributed by atoms with Crippen LogP contribution < -0.4 is 10.2 Å². The van der Waals surface area contributed by atoms with Crippen molar-refractivity contribution in [3.63, 3.8) is 0 Å². The molecule has 1 aliphatic carbocycles. The van der Waals surface area contributed by atoms with Gasteiger partial charge >= 0.3 is 0 Å². The van der Waals surface area contributed by atoms with E-state index in [9.17, 15) is 0 Å². The van der Waals surface area contributed by atoms with E-state index >= 15 is 0 Å². The number of rotatable bonds is 7. The molecule has 4 nitrogen and oxygen atoms in total. The Balaban J connectivity index is 2.27. The fourth-order valence-electron chi connectivity index (χ4n) is 2.59. The van der Waals surface area contributed by atoms with Crippen LogP contribution in [0.15, 0.2) is 0 Å². The lowest BCUT2D eigenvalue weighted by Gasteiger charge is -2.25. The molecule has 4 heteroatoms. The Kier molecular flexibility index (Phi) is 4.27. The Labute approximate surface area is 110 Å². The molecule has 0 spiro atoms. The first-order chi connectivity index (χ1) is 8.69. The molecule has 2 rings (SSSR count). The van der Waals surface area contributed by atoms with E-state index in [2.05, 4.69) is 47.8 Å². The van der Waals surface area contributed by atoms with Gasteiger partial charge in [-0.25, -0.2) is 0 Å². The number of anilines is 1. The number of hydrogen-bond donors (Lipinski definition) is 1. The van der Waals surface area contributed by atoms with Crippen molar-refractivity contribution >= 4 is 5.82 Å². The zero-order chi connectivity index (χ0) is 13.1. The largest absolute Gasteiger partial charge is 0.354 e. The second-order valence-electron chi connectivity index (χ2n) is 5.22. The van der Waals surface area contributed by atoms with Crippen molar-refractivity contribution in [2.75, 3.05) is 18.0 Å². The molecule has 1 aromatic rings. The van der Waals surface area contributed by atoms with E-state index in [-0.39, 0.29) is 0 Å². The fraction of sp³-hybridized carbons (Fsp3) is 0.786. The molecule has 1 aromatic heterocycles. The van der Waals surface area contributed by atoms with Crippen LogP contribution in [-0.4, -0.2) is 28.9 Å². The van der Waals surface area contributed by atoms with Gasteiger partial charge in [0.15, 0.2) is 0 Å². The first kappa shape index (κ1) is 13.4. The average Bonchev–Trinajstić information content (AvgIpc) is 3.12. The Morgan fingerprint density at radius 2 is 2.11 bits per heavy atom. The van der Waals surface area contributed by atoms with Crippen LogP contribution >= 0.6 is 0 Å². The number of nitrogens with zero attached hydrogens (tertiary/aromatic N) is 3. The maximum atomic E-state index is 4.61. The van der Waals surface area contributed by atoms with Gasteiger partial charge in [-0.2, -0.15) is 5.10 Å². The van der Waals surface area contributed by atoms with Gasteiger partial charge < -0.3 is 10.2 Å². The third-order valence-electron chi connectivity index (χ3n) is 3.59. The van der Waals surface area contributed by atoms with Crippen LogP contribution in [0.3, 0.4) is 0 Å². The van der Waals surface area contributed by atoms with Gasteiger partial charge in [0.2, 0.25) is 0 Å². The third kappa shape index (κ3) is 2.69. The minimum atomic E-state index is 0.750. The van der Waals surface area contributed by atoms with E-state index in [1.165, 1.54) is 30.6 Å². The zero-order valence-corrected chi connectivity index (χ0v) is 12.2. The molecule has 102 valence electrons. The summed E-state index contributed by atoms with van der Waals surface area (Å²) in [4.78, 5) is 2.56. The van der Waals surface area contributed by atoms with Crippen molar-refractivity contribution in [2.24, 2.45) is 7.05 Å². The van der Waals surface area contributed by atoms with Gasteiger partial charge in [0.05, 0.1) is 5.69 Å². The molecule has 1 heterocycles. The normalized spacial score (nSPS) is 15.1. The van der Waals surface area contributed by atoms with E-state index in [1.807, 2.05) is 0 Å². The third-order valence-corrected chi connectivity index (χ3v) is 3.59. The summed E-state index contributed by atoms with van der Waals surface area (Å²) in [5, 5.41) is 8.05. The molecule has 0 saturated heterocycles. The molecule has 1 N–H and O–H groups in total. The van der Waals surface area contributed by atoms with Crippen molar-refractivity contribution in [2.45, 2.75) is 52.6 Å². The predicted molar refractivity (Wildman–Crippen MR) is 76.0 cm³/mol. The lowest BCUT2D eigenvalue weighted by molar-refractivity contribution is 0.673. The molecular weight excluding hydrogens is 224 g/mol. The molecule has 0 aliphatic heterocycles. The van der Waals surface area contributed by atoms with E-state index in [0.29, 0.717) is 0 Å². The van der Waals surface area contributed by atoms with Gasteiger partial charge in [-0.3, -0.25) is 4.68 Å². The van der Waals surface area contributed by atoms with E-state index < -0.39 is 0 Å². The summed E-state index contributed by atoms with van der Waals surface area (Å²) in [5.41, 5.74) is 2.54. The molecular formula is C14H26N4. The van der Waals surface area contributed by atoms with Gasteiger partial charge in [0.25, 0.3) is 0 Å². The molecule has 1 aliphatic rings. The highest BCUT2D eigenvalue weighted by molar-refractivity contribution is 5.52. The van der Waals surface area contributed by atoms with Crippen molar-refractivity contribution in [1.29, 1.82) is 0 Å². The predicted octanol–water partition coefficient (Wildman–Crippen LogP) is 2.22.